The second kappa shape index (κ2) is 18.5. The monoisotopic (exact) mass is 1000 g/mol. The first-order chi connectivity index (χ1) is 34.8. The number of carbonyl (C=O) groups excluding carboxylic acids is 1. The third kappa shape index (κ3) is 8.59. The van der Waals surface area contributed by atoms with Crippen LogP contribution in [0.3, 0.4) is 0 Å². The number of anilines is 4. The molecule has 8 heterocycles. The number of piperidine rings is 1. The van der Waals surface area contributed by atoms with Crippen LogP contribution in [0.25, 0.3) is 11.0 Å². The van der Waals surface area contributed by atoms with E-state index in [0.717, 1.165) is 75.8 Å². The highest BCUT2D eigenvalue weighted by atomic mass is 32.2. The van der Waals surface area contributed by atoms with Gasteiger partial charge in [-0.05, 0) is 105 Å². The number of piperazine rings is 1. The van der Waals surface area contributed by atoms with Gasteiger partial charge >= 0.3 is 0 Å². The second-order valence-electron chi connectivity index (χ2n) is 21.6. The smallest absolute Gasteiger partial charge is 0.297 e. The molecule has 7 aliphatic rings. The molecular weight excluding hydrogens is 937 g/mol. The van der Waals surface area contributed by atoms with E-state index in [1.807, 2.05) is 35.4 Å². The molecular formula is C53H64N10O8S. The van der Waals surface area contributed by atoms with Gasteiger partial charge in [0, 0.05) is 87.3 Å². The Labute approximate surface area is 420 Å². The predicted molar refractivity (Wildman–Crippen MR) is 274 cm³/mol. The number of carbonyl (C=O) groups is 1. The van der Waals surface area contributed by atoms with Crippen molar-refractivity contribution in [1.82, 2.24) is 29.4 Å². The molecule has 12 rings (SSSR count). The number of fused-ring (bicyclic) bond motifs is 4. The number of nitro benzene ring substituents is 1. The van der Waals surface area contributed by atoms with Crippen LogP contribution in [0.1, 0.15) is 85.8 Å². The molecule has 5 fully saturated rings. The molecule has 72 heavy (non-hydrogen) atoms. The summed E-state index contributed by atoms with van der Waals surface area (Å²) < 4.78 is 49.5. The van der Waals surface area contributed by atoms with Gasteiger partial charge in [-0.1, -0.05) is 38.1 Å². The van der Waals surface area contributed by atoms with E-state index in [0.29, 0.717) is 60.7 Å². The van der Waals surface area contributed by atoms with Crippen molar-refractivity contribution in [2.24, 2.45) is 5.41 Å². The number of likely N-dealkylation sites (N-methyl/N-ethyl adjacent to an activating group) is 1. The lowest BCUT2D eigenvalue weighted by atomic mass is 9.59. The molecule has 380 valence electrons. The van der Waals surface area contributed by atoms with E-state index in [1.165, 1.54) is 42.9 Å². The Bertz CT molecular complexity index is 3020. The topological polar surface area (TPSA) is 191 Å². The average Bonchev–Trinajstić information content (AvgIpc) is 4.16. The van der Waals surface area contributed by atoms with Crippen LogP contribution < -0.4 is 29.3 Å². The molecule has 4 saturated heterocycles. The molecule has 3 N–H and O–H groups in total. The van der Waals surface area contributed by atoms with Crippen molar-refractivity contribution >= 4 is 55.4 Å². The van der Waals surface area contributed by atoms with Crippen LogP contribution in [0.2, 0.25) is 0 Å². The number of aromatic amines is 1. The minimum atomic E-state index is -4.68. The number of benzene rings is 3. The van der Waals surface area contributed by atoms with Gasteiger partial charge in [0.15, 0.2) is 11.4 Å². The number of H-pyrrole nitrogens is 1. The van der Waals surface area contributed by atoms with E-state index in [4.69, 9.17) is 19.2 Å². The minimum Gasteiger partial charge on any atom is -0.489 e. The molecule has 1 spiro atoms. The molecule has 19 heteroatoms. The first-order valence-corrected chi connectivity index (χ1v) is 27.2. The maximum absolute atomic E-state index is 14.8. The molecule has 1 saturated carbocycles. The minimum absolute atomic E-state index is 0.0332. The van der Waals surface area contributed by atoms with Crippen LogP contribution >= 0.6 is 0 Å². The molecule has 2 aromatic heterocycles. The highest BCUT2D eigenvalue weighted by Gasteiger charge is 2.50. The molecule has 3 aromatic carbocycles. The zero-order chi connectivity index (χ0) is 49.5. The van der Waals surface area contributed by atoms with E-state index in [2.05, 4.69) is 79.8 Å². The average molecular weight is 1000 g/mol. The molecule has 0 bridgehead atoms. The predicted octanol–water partition coefficient (Wildman–Crippen LogP) is 7.02. The summed E-state index contributed by atoms with van der Waals surface area (Å²) >= 11 is 0. The van der Waals surface area contributed by atoms with Crippen molar-refractivity contribution in [3.8, 4) is 11.6 Å². The van der Waals surface area contributed by atoms with Gasteiger partial charge in [-0.15, -0.1) is 0 Å². The van der Waals surface area contributed by atoms with Crippen molar-refractivity contribution in [1.29, 1.82) is 0 Å². The number of nitro groups is 1. The third-order valence-corrected chi connectivity index (χ3v) is 18.0. The van der Waals surface area contributed by atoms with Gasteiger partial charge in [0.05, 0.1) is 46.4 Å². The lowest BCUT2D eigenvalue weighted by Gasteiger charge is -2.56. The molecule has 1 aliphatic carbocycles. The van der Waals surface area contributed by atoms with Gasteiger partial charge in [-0.2, -0.15) is 4.98 Å². The van der Waals surface area contributed by atoms with Crippen LogP contribution in [0.15, 0.2) is 77.8 Å². The van der Waals surface area contributed by atoms with Gasteiger partial charge in [-0.25, -0.2) is 13.1 Å². The van der Waals surface area contributed by atoms with Crippen molar-refractivity contribution in [3.05, 3.63) is 99.7 Å². The van der Waals surface area contributed by atoms with Crippen molar-refractivity contribution in [3.63, 3.8) is 0 Å². The maximum Gasteiger partial charge on any atom is 0.297 e. The molecule has 1 amide bonds. The normalized spacial score (nSPS) is 24.6. The summed E-state index contributed by atoms with van der Waals surface area (Å²) in [5.41, 5.74) is 5.66. The number of nitrogens with zero attached hydrogens (tertiary/aromatic N) is 7. The van der Waals surface area contributed by atoms with E-state index >= 15 is 0 Å². The van der Waals surface area contributed by atoms with Crippen molar-refractivity contribution in [2.45, 2.75) is 93.5 Å². The van der Waals surface area contributed by atoms with Crippen molar-refractivity contribution < 1.29 is 32.3 Å². The zero-order valence-electron chi connectivity index (χ0n) is 41.2. The summed E-state index contributed by atoms with van der Waals surface area (Å²) in [5, 5.41) is 16.6. The SMILES string of the molecule is CC(C)c1ccccc1[C@@H]1CCCN1C1CC2(CCN(c3ccc(C(=O)NS(=O)(=O)c4cc5c(c([N+](=O)[O-])c4)N[C@@H](CN4CCN(C)CC4)CO5)c(N4c5cc6cc[nH]c6nc5O[C@@H]5COC[C@H]54)c3)CC2)C1. The Morgan fingerprint density at radius 3 is 2.56 bits per heavy atom. The maximum atomic E-state index is 14.8. The van der Waals surface area contributed by atoms with E-state index in [-0.39, 0.29) is 41.1 Å². The molecule has 18 nitrogen and oxygen atoms in total. The summed E-state index contributed by atoms with van der Waals surface area (Å²) in [6, 6.07) is 21.2. The number of nitrogens with one attached hydrogen (secondary N) is 3. The van der Waals surface area contributed by atoms with E-state index in [1.54, 1.807) is 6.07 Å². The zero-order valence-corrected chi connectivity index (χ0v) is 42.0. The van der Waals surface area contributed by atoms with Crippen molar-refractivity contribution in [2.75, 3.05) is 94.3 Å². The van der Waals surface area contributed by atoms with Gasteiger partial charge in [0.25, 0.3) is 21.6 Å². The number of pyridine rings is 1. The summed E-state index contributed by atoms with van der Waals surface area (Å²) in [6.07, 6.45) is 8.33. The number of rotatable bonds is 11. The highest BCUT2D eigenvalue weighted by molar-refractivity contribution is 7.90. The van der Waals surface area contributed by atoms with Crippen LogP contribution in [0.5, 0.6) is 11.6 Å². The van der Waals surface area contributed by atoms with Gasteiger partial charge < -0.3 is 39.2 Å². The van der Waals surface area contributed by atoms with Crippen LogP contribution in [0, 0.1) is 15.5 Å². The number of hydrogen-bond donors (Lipinski definition) is 3. The van der Waals surface area contributed by atoms with Crippen LogP contribution in [-0.4, -0.2) is 147 Å². The Kier molecular flexibility index (Phi) is 12.1. The highest BCUT2D eigenvalue weighted by Crippen LogP contribution is 2.55. The number of ether oxygens (including phenoxy) is 3. The Hall–Kier alpha value is -5.99. The number of aromatic nitrogens is 2. The number of likely N-dealkylation sites (tertiary alicyclic amines) is 1. The second-order valence-corrected chi connectivity index (χ2v) is 23.2. The summed E-state index contributed by atoms with van der Waals surface area (Å²) in [6.45, 7) is 12.4. The van der Waals surface area contributed by atoms with Gasteiger partial charge in [-0.3, -0.25) is 24.7 Å². The quantitative estimate of drug-likeness (QED) is 0.0904. The summed E-state index contributed by atoms with van der Waals surface area (Å²) in [5.74, 6) is -0.00205. The lowest BCUT2D eigenvalue weighted by Crippen LogP contribution is -2.55. The fraction of sp³-hybridized carbons (Fsp3) is 0.509. The number of sulfonamides is 1. The Morgan fingerprint density at radius 2 is 1.76 bits per heavy atom. The Morgan fingerprint density at radius 1 is 0.958 bits per heavy atom. The first kappa shape index (κ1) is 47.0. The Balaban J connectivity index is 0.818. The van der Waals surface area contributed by atoms with E-state index in [9.17, 15) is 23.3 Å². The van der Waals surface area contributed by atoms with Gasteiger partial charge in [0.2, 0.25) is 5.88 Å². The number of amides is 1. The van der Waals surface area contributed by atoms with Gasteiger partial charge in [0.1, 0.15) is 24.0 Å². The lowest BCUT2D eigenvalue weighted by molar-refractivity contribution is -0.384. The van der Waals surface area contributed by atoms with Crippen LogP contribution in [0.4, 0.5) is 28.4 Å². The number of hydrogen-bond acceptors (Lipinski definition) is 15. The summed E-state index contributed by atoms with van der Waals surface area (Å²) in [4.78, 5) is 46.0. The fourth-order valence-electron chi connectivity index (χ4n) is 12.8. The molecule has 5 aromatic rings. The molecule has 6 aliphatic heterocycles. The molecule has 4 atom stereocenters. The standard InChI is InChI=1S/C53H64N10O8S/c1-33(2)39-7-4-5-8-40(39)42-9-6-16-61(42)37-27-53(28-37)13-17-60(18-14-53)36-10-11-41(43(24-36)62-45-23-34-12-15-54-50(34)56-52(45)71-48-32-69-31-46(48)62)51(64)57-72(67,68)38-25-44(63(65)66)49-47(26-38)70-30-35(55-49)29-59-21-19-58(3)20-22-59/h4-5,7-8,10-12,15,23-26,33,35,37,42,46,48,55H,6,9,13-14,16-22,27-32H2,1-3H3,(H,54,56)(H,57,64)/t35-,42-,46+,48+/m0/s1. The summed E-state index contributed by atoms with van der Waals surface area (Å²) in [7, 11) is -2.61. The largest absolute Gasteiger partial charge is 0.489 e. The van der Waals surface area contributed by atoms with E-state index < -0.39 is 37.5 Å². The van der Waals surface area contributed by atoms with Crippen LogP contribution in [-0.2, 0) is 14.8 Å². The molecule has 0 radical (unpaired) electrons. The first-order valence-electron chi connectivity index (χ1n) is 25.7. The third-order valence-electron chi connectivity index (χ3n) is 16.7. The fourth-order valence-corrected chi connectivity index (χ4v) is 13.8. The molecule has 0 unspecified atom stereocenters.